The molecule has 1 heterocycles. The summed E-state index contributed by atoms with van der Waals surface area (Å²) >= 11 is 1.23. The summed E-state index contributed by atoms with van der Waals surface area (Å²) in [4.78, 5) is 11.0. The zero-order valence-corrected chi connectivity index (χ0v) is 8.62. The molecule has 0 aliphatic rings. The number of carbonyl (C=O) groups is 1. The molecule has 2 rings (SSSR count). The van der Waals surface area contributed by atoms with Crippen LogP contribution in [-0.2, 0) is 0 Å². The average molecular weight is 219 g/mol. The Morgan fingerprint density at radius 3 is 2.40 bits per heavy atom. The topological polar surface area (TPSA) is 63.3 Å². The van der Waals surface area contributed by atoms with Crippen molar-refractivity contribution in [2.24, 2.45) is 0 Å². The van der Waals surface area contributed by atoms with Gasteiger partial charge in [0.2, 0.25) is 0 Å². The van der Waals surface area contributed by atoms with E-state index in [4.69, 9.17) is 10.8 Å². The van der Waals surface area contributed by atoms with Crippen LogP contribution in [0.4, 0.5) is 5.69 Å². The fraction of sp³-hybridized carbons (Fsp3) is 0. The molecule has 4 heteroatoms. The summed E-state index contributed by atoms with van der Waals surface area (Å²) in [6, 6.07) is 9.02. The van der Waals surface area contributed by atoms with Crippen molar-refractivity contribution < 1.29 is 9.90 Å². The Hall–Kier alpha value is -1.81. The van der Waals surface area contributed by atoms with Gasteiger partial charge in [0.05, 0.1) is 0 Å². The maximum absolute atomic E-state index is 10.7. The monoisotopic (exact) mass is 219 g/mol. The van der Waals surface area contributed by atoms with E-state index in [9.17, 15) is 4.79 Å². The van der Waals surface area contributed by atoms with Gasteiger partial charge in [0.1, 0.15) is 4.88 Å². The molecule has 0 saturated heterocycles. The molecule has 0 unspecified atom stereocenters. The summed E-state index contributed by atoms with van der Waals surface area (Å²) in [5.41, 5.74) is 8.16. The normalized spacial score (nSPS) is 10.1. The Labute approximate surface area is 90.8 Å². The second-order valence-electron chi connectivity index (χ2n) is 3.13. The van der Waals surface area contributed by atoms with Crippen molar-refractivity contribution in [3.63, 3.8) is 0 Å². The zero-order valence-electron chi connectivity index (χ0n) is 7.81. The van der Waals surface area contributed by atoms with Gasteiger partial charge in [-0.05, 0) is 34.7 Å². The SMILES string of the molecule is Nc1ccc(-c2csc(C(=O)O)c2)cc1. The van der Waals surface area contributed by atoms with Gasteiger partial charge in [0.25, 0.3) is 0 Å². The molecular weight excluding hydrogens is 210 g/mol. The molecule has 15 heavy (non-hydrogen) atoms. The van der Waals surface area contributed by atoms with E-state index in [2.05, 4.69) is 0 Å². The lowest BCUT2D eigenvalue weighted by molar-refractivity contribution is 0.0702. The van der Waals surface area contributed by atoms with E-state index in [1.54, 1.807) is 18.2 Å². The molecular formula is C11H9NO2S. The Morgan fingerprint density at radius 2 is 1.87 bits per heavy atom. The fourth-order valence-corrected chi connectivity index (χ4v) is 2.03. The van der Waals surface area contributed by atoms with Crippen LogP contribution in [0.25, 0.3) is 11.1 Å². The molecule has 3 nitrogen and oxygen atoms in total. The highest BCUT2D eigenvalue weighted by atomic mass is 32.1. The van der Waals surface area contributed by atoms with Gasteiger partial charge in [-0.2, -0.15) is 0 Å². The van der Waals surface area contributed by atoms with Gasteiger partial charge in [-0.15, -0.1) is 11.3 Å². The van der Waals surface area contributed by atoms with Crippen LogP contribution in [0.2, 0.25) is 0 Å². The number of benzene rings is 1. The quantitative estimate of drug-likeness (QED) is 0.763. The molecule has 76 valence electrons. The molecule has 0 amide bonds. The van der Waals surface area contributed by atoms with Crippen molar-refractivity contribution >= 4 is 23.0 Å². The van der Waals surface area contributed by atoms with Crippen LogP contribution in [0.15, 0.2) is 35.7 Å². The number of aromatic carboxylic acids is 1. The molecule has 0 aliphatic heterocycles. The Balaban J connectivity index is 2.37. The second-order valence-corrected chi connectivity index (χ2v) is 4.04. The van der Waals surface area contributed by atoms with Crippen LogP contribution < -0.4 is 5.73 Å². The van der Waals surface area contributed by atoms with E-state index >= 15 is 0 Å². The van der Waals surface area contributed by atoms with E-state index in [1.807, 2.05) is 17.5 Å². The van der Waals surface area contributed by atoms with Crippen LogP contribution in [0, 0.1) is 0 Å². The molecule has 2 aromatic rings. The first kappa shape index (κ1) is 9.73. The zero-order chi connectivity index (χ0) is 10.8. The number of anilines is 1. The number of hydrogen-bond donors (Lipinski definition) is 2. The van der Waals surface area contributed by atoms with Crippen molar-refractivity contribution in [1.29, 1.82) is 0 Å². The number of carboxylic acid groups (broad SMARTS) is 1. The lowest BCUT2D eigenvalue weighted by Gasteiger charge is -1.97. The molecule has 1 aromatic carbocycles. The summed E-state index contributed by atoms with van der Waals surface area (Å²) in [5, 5.41) is 10.6. The van der Waals surface area contributed by atoms with Crippen LogP contribution in [0.5, 0.6) is 0 Å². The summed E-state index contributed by atoms with van der Waals surface area (Å²) in [6.07, 6.45) is 0. The first-order valence-electron chi connectivity index (χ1n) is 4.34. The van der Waals surface area contributed by atoms with Crippen molar-refractivity contribution in [3.05, 3.63) is 40.6 Å². The Morgan fingerprint density at radius 1 is 1.20 bits per heavy atom. The molecule has 0 radical (unpaired) electrons. The van der Waals surface area contributed by atoms with Crippen LogP contribution in [0.3, 0.4) is 0 Å². The van der Waals surface area contributed by atoms with Gasteiger partial charge in [0, 0.05) is 5.69 Å². The number of rotatable bonds is 2. The van der Waals surface area contributed by atoms with Crippen molar-refractivity contribution in [3.8, 4) is 11.1 Å². The molecule has 0 saturated carbocycles. The maximum Gasteiger partial charge on any atom is 0.345 e. The number of hydrogen-bond acceptors (Lipinski definition) is 3. The smallest absolute Gasteiger partial charge is 0.345 e. The summed E-state index contributed by atoms with van der Waals surface area (Å²) in [5.74, 6) is -0.887. The van der Waals surface area contributed by atoms with Gasteiger partial charge in [-0.25, -0.2) is 4.79 Å². The van der Waals surface area contributed by atoms with E-state index in [1.165, 1.54) is 11.3 Å². The maximum atomic E-state index is 10.7. The van der Waals surface area contributed by atoms with Gasteiger partial charge in [-0.1, -0.05) is 12.1 Å². The Bertz CT molecular complexity index is 488. The third-order valence-electron chi connectivity index (χ3n) is 2.05. The summed E-state index contributed by atoms with van der Waals surface area (Å²) in [6.45, 7) is 0. The van der Waals surface area contributed by atoms with Crippen molar-refractivity contribution in [1.82, 2.24) is 0 Å². The van der Waals surface area contributed by atoms with Gasteiger partial charge in [0.15, 0.2) is 0 Å². The predicted octanol–water partition coefficient (Wildman–Crippen LogP) is 2.70. The molecule has 0 bridgehead atoms. The Kier molecular flexibility index (Phi) is 2.43. The minimum absolute atomic E-state index is 0.349. The molecule has 1 aromatic heterocycles. The standard InChI is InChI=1S/C11H9NO2S/c12-9-3-1-7(2-4-9)8-5-10(11(13)14)15-6-8/h1-6H,12H2,(H,13,14). The van der Waals surface area contributed by atoms with Crippen LogP contribution in [0.1, 0.15) is 9.67 Å². The molecule has 0 fully saturated rings. The largest absolute Gasteiger partial charge is 0.477 e. The van der Waals surface area contributed by atoms with Gasteiger partial charge in [-0.3, -0.25) is 0 Å². The number of carboxylic acids is 1. The first-order chi connectivity index (χ1) is 7.16. The number of nitrogens with two attached hydrogens (primary N) is 1. The summed E-state index contributed by atoms with van der Waals surface area (Å²) < 4.78 is 0. The lowest BCUT2D eigenvalue weighted by atomic mass is 10.1. The van der Waals surface area contributed by atoms with E-state index < -0.39 is 5.97 Å². The van der Waals surface area contributed by atoms with E-state index in [-0.39, 0.29) is 0 Å². The van der Waals surface area contributed by atoms with Gasteiger partial charge >= 0.3 is 5.97 Å². The highest BCUT2D eigenvalue weighted by Gasteiger charge is 2.07. The van der Waals surface area contributed by atoms with Crippen molar-refractivity contribution in [2.75, 3.05) is 5.73 Å². The first-order valence-corrected chi connectivity index (χ1v) is 5.22. The van der Waals surface area contributed by atoms with Crippen molar-refractivity contribution in [2.45, 2.75) is 0 Å². The third-order valence-corrected chi connectivity index (χ3v) is 2.97. The minimum Gasteiger partial charge on any atom is -0.477 e. The average Bonchev–Trinajstić information content (AvgIpc) is 2.68. The van der Waals surface area contributed by atoms with Crippen LogP contribution >= 0.6 is 11.3 Å². The highest BCUT2D eigenvalue weighted by molar-refractivity contribution is 7.12. The third kappa shape index (κ3) is 1.99. The molecule has 0 spiro atoms. The van der Waals surface area contributed by atoms with E-state index in [0.717, 1.165) is 11.1 Å². The van der Waals surface area contributed by atoms with Crippen LogP contribution in [-0.4, -0.2) is 11.1 Å². The molecule has 0 aliphatic carbocycles. The predicted molar refractivity (Wildman–Crippen MR) is 61.1 cm³/mol. The summed E-state index contributed by atoms with van der Waals surface area (Å²) in [7, 11) is 0. The minimum atomic E-state index is -0.887. The number of nitrogen functional groups attached to an aromatic ring is 1. The molecule has 3 N–H and O–H groups in total. The fourth-order valence-electron chi connectivity index (χ4n) is 1.28. The second kappa shape index (κ2) is 3.74. The number of thiophene rings is 1. The van der Waals surface area contributed by atoms with Gasteiger partial charge < -0.3 is 10.8 Å². The van der Waals surface area contributed by atoms with E-state index in [0.29, 0.717) is 10.6 Å². The molecule has 0 atom stereocenters. The lowest BCUT2D eigenvalue weighted by Crippen LogP contribution is -1.90. The highest BCUT2D eigenvalue weighted by Crippen LogP contribution is 2.26.